The van der Waals surface area contributed by atoms with Crippen molar-refractivity contribution in [1.82, 2.24) is 4.98 Å². The molecule has 2 unspecified atom stereocenters. The number of ether oxygens (including phenoxy) is 1. The molecule has 0 aliphatic heterocycles. The summed E-state index contributed by atoms with van der Waals surface area (Å²) in [5.74, 6) is -1.12. The summed E-state index contributed by atoms with van der Waals surface area (Å²) in [4.78, 5) is 14.5. The molecule has 0 saturated carbocycles. The summed E-state index contributed by atoms with van der Waals surface area (Å²) in [5.41, 5.74) is 0.669. The molecular weight excluding hydrogens is 214 g/mol. The Morgan fingerprint density at radius 2 is 2.06 bits per heavy atom. The summed E-state index contributed by atoms with van der Waals surface area (Å²) in [6, 6.07) is 2.96. The van der Waals surface area contributed by atoms with Crippen LogP contribution in [0, 0.1) is 6.92 Å². The highest BCUT2D eigenvalue weighted by atomic mass is 16.5. The first-order valence-corrected chi connectivity index (χ1v) is 4.58. The second-order valence-electron chi connectivity index (χ2n) is 3.26. The number of carbonyl (C=O) groups is 1. The molecule has 0 radical (unpaired) electrons. The Labute approximate surface area is 92.1 Å². The Morgan fingerprint density at radius 3 is 2.50 bits per heavy atom. The molecule has 6 heteroatoms. The lowest BCUT2D eigenvalue weighted by Gasteiger charge is -2.16. The molecule has 2 atom stereocenters. The van der Waals surface area contributed by atoms with E-state index in [9.17, 15) is 15.0 Å². The first-order valence-electron chi connectivity index (χ1n) is 4.58. The summed E-state index contributed by atoms with van der Waals surface area (Å²) in [6.45, 7) is 1.59. The van der Waals surface area contributed by atoms with E-state index in [-0.39, 0.29) is 5.56 Å². The van der Waals surface area contributed by atoms with Crippen LogP contribution in [0.2, 0.25) is 0 Å². The Hall–Kier alpha value is -1.66. The number of hydrogen-bond donors (Lipinski definition) is 3. The highest BCUT2D eigenvalue weighted by Crippen LogP contribution is 2.22. The maximum Gasteiger partial charge on any atom is 0.335 e. The number of aryl methyl sites for hydroxylation is 1. The Balaban J connectivity index is 3.00. The second kappa shape index (κ2) is 4.91. The van der Waals surface area contributed by atoms with Crippen LogP contribution in [0.5, 0.6) is 5.88 Å². The van der Waals surface area contributed by atoms with Gasteiger partial charge >= 0.3 is 5.97 Å². The quantitative estimate of drug-likeness (QED) is 0.663. The normalized spacial score (nSPS) is 14.2. The van der Waals surface area contributed by atoms with Crippen molar-refractivity contribution < 1.29 is 24.9 Å². The van der Waals surface area contributed by atoms with E-state index in [1.165, 1.54) is 19.2 Å². The number of carboxylic acid groups (broad SMARTS) is 1. The number of aliphatic hydroxyl groups excluding tert-OH is 2. The largest absolute Gasteiger partial charge is 0.481 e. The highest BCUT2D eigenvalue weighted by Gasteiger charge is 2.26. The molecule has 0 saturated heterocycles. The van der Waals surface area contributed by atoms with Gasteiger partial charge in [-0.25, -0.2) is 9.78 Å². The fourth-order valence-electron chi connectivity index (χ4n) is 1.28. The number of rotatable bonds is 4. The molecule has 1 rings (SSSR count). The number of pyridine rings is 1. The summed E-state index contributed by atoms with van der Waals surface area (Å²) < 4.78 is 4.87. The molecule has 1 aromatic heterocycles. The lowest BCUT2D eigenvalue weighted by Crippen LogP contribution is -2.28. The highest BCUT2D eigenvalue weighted by molar-refractivity contribution is 5.73. The predicted octanol–water partition coefficient (Wildman–Crippen LogP) is -0.122. The smallest absolute Gasteiger partial charge is 0.335 e. The minimum Gasteiger partial charge on any atom is -0.481 e. The molecule has 0 aromatic carbocycles. The zero-order valence-corrected chi connectivity index (χ0v) is 8.91. The van der Waals surface area contributed by atoms with Gasteiger partial charge in [0, 0.05) is 17.3 Å². The summed E-state index contributed by atoms with van der Waals surface area (Å²) in [5, 5.41) is 27.3. The number of nitrogens with zero attached hydrogens (tertiary/aromatic N) is 1. The van der Waals surface area contributed by atoms with Gasteiger partial charge in [0.05, 0.1) is 7.11 Å². The van der Waals surface area contributed by atoms with E-state index in [0.29, 0.717) is 11.6 Å². The number of aromatic nitrogens is 1. The Kier molecular flexibility index (Phi) is 3.81. The van der Waals surface area contributed by atoms with Crippen molar-refractivity contribution in [2.75, 3.05) is 7.11 Å². The third kappa shape index (κ3) is 2.47. The van der Waals surface area contributed by atoms with Crippen molar-refractivity contribution in [1.29, 1.82) is 0 Å². The fraction of sp³-hybridized carbons (Fsp3) is 0.400. The molecule has 16 heavy (non-hydrogen) atoms. The molecule has 0 bridgehead atoms. The van der Waals surface area contributed by atoms with Crippen LogP contribution in [-0.2, 0) is 4.79 Å². The van der Waals surface area contributed by atoms with Crippen molar-refractivity contribution in [3.8, 4) is 5.88 Å². The van der Waals surface area contributed by atoms with Crippen molar-refractivity contribution in [3.63, 3.8) is 0 Å². The molecule has 1 aromatic rings. The molecule has 0 aliphatic carbocycles. The van der Waals surface area contributed by atoms with Crippen molar-refractivity contribution in [2.24, 2.45) is 0 Å². The van der Waals surface area contributed by atoms with E-state index >= 15 is 0 Å². The number of methoxy groups -OCH3 is 1. The SMILES string of the molecule is COc1ccc(C(O)C(O)C(=O)O)c(C)n1. The van der Waals surface area contributed by atoms with E-state index in [1.54, 1.807) is 6.92 Å². The third-order valence-electron chi connectivity index (χ3n) is 2.18. The molecule has 88 valence electrons. The second-order valence-corrected chi connectivity index (χ2v) is 3.26. The average molecular weight is 227 g/mol. The van der Waals surface area contributed by atoms with Crippen LogP contribution in [0.1, 0.15) is 17.4 Å². The van der Waals surface area contributed by atoms with E-state index in [4.69, 9.17) is 9.84 Å². The Morgan fingerprint density at radius 1 is 1.44 bits per heavy atom. The molecule has 1 heterocycles. The first kappa shape index (κ1) is 12.4. The van der Waals surface area contributed by atoms with Crippen LogP contribution >= 0.6 is 0 Å². The van der Waals surface area contributed by atoms with Gasteiger partial charge in [0.2, 0.25) is 5.88 Å². The number of aliphatic carboxylic acids is 1. The van der Waals surface area contributed by atoms with Gasteiger partial charge in [-0.1, -0.05) is 0 Å². The standard InChI is InChI=1S/C10H13NO5/c1-5-6(3-4-7(11-5)16-2)8(12)9(13)10(14)15/h3-4,8-9,12-13H,1-2H3,(H,14,15). The van der Waals surface area contributed by atoms with Crippen LogP contribution < -0.4 is 4.74 Å². The number of carboxylic acids is 1. The van der Waals surface area contributed by atoms with Crippen LogP contribution in [0.4, 0.5) is 0 Å². The van der Waals surface area contributed by atoms with Gasteiger partial charge in [0.1, 0.15) is 6.10 Å². The molecular formula is C10H13NO5. The topological polar surface area (TPSA) is 99.9 Å². The van der Waals surface area contributed by atoms with Gasteiger partial charge < -0.3 is 20.1 Å². The first-order chi connectivity index (χ1) is 7.47. The van der Waals surface area contributed by atoms with E-state index in [0.717, 1.165) is 0 Å². The summed E-state index contributed by atoms with van der Waals surface area (Å²) in [7, 11) is 1.45. The Bertz CT molecular complexity index is 393. The maximum absolute atomic E-state index is 10.5. The molecule has 0 amide bonds. The van der Waals surface area contributed by atoms with E-state index < -0.39 is 18.2 Å². The van der Waals surface area contributed by atoms with Crippen molar-refractivity contribution in [3.05, 3.63) is 23.4 Å². The number of aliphatic hydroxyl groups is 2. The van der Waals surface area contributed by atoms with Crippen LogP contribution in [-0.4, -0.2) is 39.5 Å². The fourth-order valence-corrected chi connectivity index (χ4v) is 1.28. The van der Waals surface area contributed by atoms with Crippen LogP contribution in [0.25, 0.3) is 0 Å². The molecule has 3 N–H and O–H groups in total. The van der Waals surface area contributed by atoms with Gasteiger partial charge in [-0.15, -0.1) is 0 Å². The van der Waals surface area contributed by atoms with E-state index in [1.807, 2.05) is 0 Å². The lowest BCUT2D eigenvalue weighted by molar-refractivity contribution is -0.153. The van der Waals surface area contributed by atoms with E-state index in [2.05, 4.69) is 4.98 Å². The molecule has 0 spiro atoms. The number of hydrogen-bond acceptors (Lipinski definition) is 5. The van der Waals surface area contributed by atoms with Crippen molar-refractivity contribution >= 4 is 5.97 Å². The average Bonchev–Trinajstić information content (AvgIpc) is 2.26. The third-order valence-corrected chi connectivity index (χ3v) is 2.18. The van der Waals surface area contributed by atoms with Gasteiger partial charge in [-0.05, 0) is 13.0 Å². The van der Waals surface area contributed by atoms with Gasteiger partial charge in [-0.3, -0.25) is 0 Å². The predicted molar refractivity (Wildman–Crippen MR) is 54.1 cm³/mol. The van der Waals surface area contributed by atoms with Crippen LogP contribution in [0.15, 0.2) is 12.1 Å². The van der Waals surface area contributed by atoms with Gasteiger partial charge in [0.15, 0.2) is 6.10 Å². The summed E-state index contributed by atoms with van der Waals surface area (Å²) in [6.07, 6.45) is -3.37. The van der Waals surface area contributed by atoms with Gasteiger partial charge in [0.25, 0.3) is 0 Å². The van der Waals surface area contributed by atoms with Crippen LogP contribution in [0.3, 0.4) is 0 Å². The molecule has 0 aliphatic rings. The van der Waals surface area contributed by atoms with Gasteiger partial charge in [-0.2, -0.15) is 0 Å². The maximum atomic E-state index is 10.5. The summed E-state index contributed by atoms with van der Waals surface area (Å²) >= 11 is 0. The zero-order valence-electron chi connectivity index (χ0n) is 8.91. The lowest BCUT2D eigenvalue weighted by atomic mass is 10.0. The van der Waals surface area contributed by atoms with Crippen molar-refractivity contribution in [2.45, 2.75) is 19.1 Å². The monoisotopic (exact) mass is 227 g/mol. The minimum absolute atomic E-state index is 0.260. The zero-order chi connectivity index (χ0) is 12.3. The molecule has 0 fully saturated rings. The minimum atomic E-state index is -1.87. The molecule has 6 nitrogen and oxygen atoms in total.